The Morgan fingerprint density at radius 3 is 2.90 bits per heavy atom. The SMILES string of the molecule is CCOC1(c2nc(=S)c3c([nH]2)CCOC3)CCCCC1. The van der Waals surface area contributed by atoms with Crippen LogP contribution in [-0.2, 0) is 28.1 Å². The summed E-state index contributed by atoms with van der Waals surface area (Å²) >= 11 is 5.46. The number of aromatic nitrogens is 2. The lowest BCUT2D eigenvalue weighted by Crippen LogP contribution is -2.35. The third kappa shape index (κ3) is 2.54. The first-order valence-electron chi connectivity index (χ1n) is 7.59. The molecule has 110 valence electrons. The normalized spacial score (nSPS) is 21.4. The van der Waals surface area contributed by atoms with Crippen molar-refractivity contribution in [3.05, 3.63) is 21.7 Å². The molecule has 3 rings (SSSR count). The van der Waals surface area contributed by atoms with E-state index in [9.17, 15) is 0 Å². The zero-order valence-electron chi connectivity index (χ0n) is 12.0. The van der Waals surface area contributed by atoms with Crippen LogP contribution < -0.4 is 0 Å². The molecule has 0 spiro atoms. The van der Waals surface area contributed by atoms with Crippen LogP contribution in [0.4, 0.5) is 0 Å². The minimum Gasteiger partial charge on any atom is -0.376 e. The fourth-order valence-corrected chi connectivity index (χ4v) is 3.59. The van der Waals surface area contributed by atoms with E-state index in [0.717, 1.165) is 37.3 Å². The third-order valence-electron chi connectivity index (χ3n) is 4.36. The zero-order chi connectivity index (χ0) is 14.0. The minimum atomic E-state index is -0.256. The van der Waals surface area contributed by atoms with Crippen molar-refractivity contribution >= 4 is 12.2 Å². The van der Waals surface area contributed by atoms with Crippen molar-refractivity contribution in [2.45, 2.75) is 57.7 Å². The van der Waals surface area contributed by atoms with Crippen LogP contribution in [0, 0.1) is 4.64 Å². The van der Waals surface area contributed by atoms with Crippen LogP contribution in [0.15, 0.2) is 0 Å². The van der Waals surface area contributed by atoms with Crippen molar-refractivity contribution in [3.8, 4) is 0 Å². The van der Waals surface area contributed by atoms with E-state index < -0.39 is 0 Å². The number of hydrogen-bond acceptors (Lipinski definition) is 4. The van der Waals surface area contributed by atoms with Gasteiger partial charge in [0.2, 0.25) is 0 Å². The van der Waals surface area contributed by atoms with E-state index >= 15 is 0 Å². The first-order chi connectivity index (χ1) is 9.75. The molecule has 1 aliphatic heterocycles. The monoisotopic (exact) mass is 294 g/mol. The molecule has 0 unspecified atom stereocenters. The Morgan fingerprint density at radius 1 is 1.35 bits per heavy atom. The van der Waals surface area contributed by atoms with Gasteiger partial charge in [0.25, 0.3) is 0 Å². The number of rotatable bonds is 3. The summed E-state index contributed by atoms with van der Waals surface area (Å²) in [5.41, 5.74) is 1.99. The van der Waals surface area contributed by atoms with Crippen LogP contribution >= 0.6 is 12.2 Å². The molecule has 1 N–H and O–H groups in total. The van der Waals surface area contributed by atoms with Crippen LogP contribution in [0.2, 0.25) is 0 Å². The second-order valence-corrected chi connectivity index (χ2v) is 6.02. The average molecular weight is 294 g/mol. The molecule has 1 aliphatic carbocycles. The number of fused-ring (bicyclic) bond motifs is 1. The van der Waals surface area contributed by atoms with Crippen molar-refractivity contribution in [2.75, 3.05) is 13.2 Å². The van der Waals surface area contributed by atoms with Gasteiger partial charge in [-0.05, 0) is 19.8 Å². The Bertz CT molecular complexity index is 530. The molecule has 2 aliphatic rings. The Hall–Kier alpha value is -0.780. The molecular formula is C15H22N2O2S. The fraction of sp³-hybridized carbons (Fsp3) is 0.733. The van der Waals surface area contributed by atoms with Crippen molar-refractivity contribution in [1.29, 1.82) is 0 Å². The molecule has 5 heteroatoms. The van der Waals surface area contributed by atoms with Gasteiger partial charge in [0.15, 0.2) is 0 Å². The number of ether oxygens (including phenoxy) is 2. The van der Waals surface area contributed by atoms with Gasteiger partial charge in [-0.25, -0.2) is 4.98 Å². The largest absolute Gasteiger partial charge is 0.376 e. The summed E-state index contributed by atoms with van der Waals surface area (Å²) in [6, 6.07) is 0. The molecule has 20 heavy (non-hydrogen) atoms. The van der Waals surface area contributed by atoms with E-state index in [4.69, 9.17) is 21.7 Å². The molecule has 0 radical (unpaired) electrons. The van der Waals surface area contributed by atoms with Gasteiger partial charge in [-0.2, -0.15) is 0 Å². The Labute approximate surface area is 124 Å². The van der Waals surface area contributed by atoms with Crippen molar-refractivity contribution in [3.63, 3.8) is 0 Å². The van der Waals surface area contributed by atoms with Crippen molar-refractivity contribution in [1.82, 2.24) is 9.97 Å². The fourth-order valence-electron chi connectivity index (χ4n) is 3.32. The van der Waals surface area contributed by atoms with Gasteiger partial charge >= 0.3 is 0 Å². The van der Waals surface area contributed by atoms with E-state index in [2.05, 4.69) is 16.9 Å². The van der Waals surface area contributed by atoms with Crippen LogP contribution in [0.3, 0.4) is 0 Å². The first-order valence-corrected chi connectivity index (χ1v) is 8.00. The smallest absolute Gasteiger partial charge is 0.140 e. The lowest BCUT2D eigenvalue weighted by Gasteiger charge is -2.36. The molecule has 0 atom stereocenters. The summed E-state index contributed by atoms with van der Waals surface area (Å²) in [6.07, 6.45) is 6.64. The number of nitrogens with one attached hydrogen (secondary N) is 1. The highest BCUT2D eigenvalue weighted by Gasteiger charge is 2.37. The molecule has 1 aromatic heterocycles. The molecule has 0 bridgehead atoms. The predicted molar refractivity (Wildman–Crippen MR) is 79.2 cm³/mol. The van der Waals surface area contributed by atoms with Crippen LogP contribution in [-0.4, -0.2) is 23.2 Å². The molecule has 0 aromatic carbocycles. The van der Waals surface area contributed by atoms with Crippen LogP contribution in [0.25, 0.3) is 0 Å². The number of aromatic amines is 1. The molecule has 0 amide bonds. The second-order valence-electron chi connectivity index (χ2n) is 5.64. The Morgan fingerprint density at radius 2 is 2.15 bits per heavy atom. The average Bonchev–Trinajstić information content (AvgIpc) is 2.48. The minimum absolute atomic E-state index is 0.256. The van der Waals surface area contributed by atoms with Gasteiger partial charge < -0.3 is 14.5 Å². The Kier molecular flexibility index (Phi) is 4.19. The van der Waals surface area contributed by atoms with Gasteiger partial charge in [-0.3, -0.25) is 0 Å². The Balaban J connectivity index is 2.03. The quantitative estimate of drug-likeness (QED) is 0.868. The van der Waals surface area contributed by atoms with Crippen LogP contribution in [0.1, 0.15) is 56.1 Å². The highest BCUT2D eigenvalue weighted by molar-refractivity contribution is 7.71. The number of nitrogens with zero attached hydrogens (tertiary/aromatic N) is 1. The topological polar surface area (TPSA) is 47.1 Å². The molecule has 1 aromatic rings. The first kappa shape index (κ1) is 14.2. The van der Waals surface area contributed by atoms with E-state index in [1.54, 1.807) is 0 Å². The maximum absolute atomic E-state index is 6.13. The van der Waals surface area contributed by atoms with E-state index in [1.165, 1.54) is 25.0 Å². The summed E-state index contributed by atoms with van der Waals surface area (Å²) in [4.78, 5) is 8.17. The maximum Gasteiger partial charge on any atom is 0.140 e. The van der Waals surface area contributed by atoms with E-state index in [1.807, 2.05) is 0 Å². The summed E-state index contributed by atoms with van der Waals surface area (Å²) < 4.78 is 12.3. The molecule has 4 nitrogen and oxygen atoms in total. The van der Waals surface area contributed by atoms with Crippen molar-refractivity contribution in [2.24, 2.45) is 0 Å². The summed E-state index contributed by atoms with van der Waals surface area (Å²) in [6.45, 7) is 4.10. The number of hydrogen-bond donors (Lipinski definition) is 1. The highest BCUT2D eigenvalue weighted by atomic mass is 32.1. The maximum atomic E-state index is 6.13. The molecule has 1 saturated carbocycles. The van der Waals surface area contributed by atoms with Gasteiger partial charge in [0.05, 0.1) is 13.2 Å². The van der Waals surface area contributed by atoms with Gasteiger partial charge in [-0.15, -0.1) is 0 Å². The van der Waals surface area contributed by atoms with E-state index in [0.29, 0.717) is 17.9 Å². The predicted octanol–water partition coefficient (Wildman–Crippen LogP) is 3.41. The van der Waals surface area contributed by atoms with Gasteiger partial charge in [0, 0.05) is 24.3 Å². The molecule has 2 heterocycles. The molecule has 0 saturated heterocycles. The molecular weight excluding hydrogens is 272 g/mol. The van der Waals surface area contributed by atoms with Crippen molar-refractivity contribution < 1.29 is 9.47 Å². The summed E-state index contributed by atoms with van der Waals surface area (Å²) in [5, 5.41) is 0. The highest BCUT2D eigenvalue weighted by Crippen LogP contribution is 2.39. The van der Waals surface area contributed by atoms with Gasteiger partial charge in [0.1, 0.15) is 16.1 Å². The zero-order valence-corrected chi connectivity index (χ0v) is 12.9. The lowest BCUT2D eigenvalue weighted by atomic mass is 9.83. The third-order valence-corrected chi connectivity index (χ3v) is 4.70. The number of H-pyrrole nitrogens is 1. The molecule has 1 fully saturated rings. The lowest BCUT2D eigenvalue weighted by molar-refractivity contribution is -0.0771. The van der Waals surface area contributed by atoms with E-state index in [-0.39, 0.29) is 5.60 Å². The summed E-state index contributed by atoms with van der Waals surface area (Å²) in [7, 11) is 0. The van der Waals surface area contributed by atoms with Crippen LogP contribution in [0.5, 0.6) is 0 Å². The summed E-state index contributed by atoms with van der Waals surface area (Å²) in [5.74, 6) is 0.935. The standard InChI is InChI=1S/C15H22N2O2S/c1-2-19-15(7-4-3-5-8-15)14-16-12-6-9-18-10-11(12)13(20)17-14/h2-10H2,1H3,(H,16,17,20). The van der Waals surface area contributed by atoms with Gasteiger partial charge in [-0.1, -0.05) is 31.5 Å². The second kappa shape index (κ2) is 5.92.